The number of benzene rings is 20. The third-order valence-electron chi connectivity index (χ3n) is 29.4. The molecule has 4 aliphatic heterocycles. The summed E-state index contributed by atoms with van der Waals surface area (Å²) < 4.78 is 28.1. The Balaban J connectivity index is 0.000000153. The molecule has 6 heteroatoms. The van der Waals surface area contributed by atoms with Crippen LogP contribution < -0.4 is 51.7 Å². The van der Waals surface area contributed by atoms with Crippen molar-refractivity contribution in [1.82, 2.24) is 0 Å². The first-order valence-electron chi connectivity index (χ1n) is 48.0. The molecule has 4 nitrogen and oxygen atoms in total. The van der Waals surface area contributed by atoms with E-state index in [0.29, 0.717) is 0 Å². The maximum atomic E-state index is 7.10. The van der Waals surface area contributed by atoms with Crippen LogP contribution in [-0.2, 0) is 27.1 Å². The topological polar surface area (TPSA) is 36.9 Å². The van der Waals surface area contributed by atoms with Gasteiger partial charge < -0.3 is 18.9 Å². The summed E-state index contributed by atoms with van der Waals surface area (Å²) >= 11 is 0. The lowest BCUT2D eigenvalue weighted by Crippen LogP contribution is -2.57. The number of fused-ring (bicyclic) bond motifs is 12. The van der Waals surface area contributed by atoms with E-state index in [4.69, 9.17) is 18.9 Å². The summed E-state index contributed by atoms with van der Waals surface area (Å²) in [5, 5.41) is 9.82. The van der Waals surface area contributed by atoms with Crippen LogP contribution >= 0.6 is 0 Å². The van der Waals surface area contributed by atoms with Gasteiger partial charge in [0.25, 0.3) is 13.4 Å². The zero-order valence-electron chi connectivity index (χ0n) is 79.5. The highest BCUT2D eigenvalue weighted by atomic mass is 16.5. The van der Waals surface area contributed by atoms with Crippen molar-refractivity contribution in [3.8, 4) is 135 Å². The van der Waals surface area contributed by atoms with Gasteiger partial charge in [0.15, 0.2) is 0 Å². The minimum atomic E-state index is -0.213. The van der Waals surface area contributed by atoms with Gasteiger partial charge in [-0.25, -0.2) is 0 Å². The van der Waals surface area contributed by atoms with E-state index >= 15 is 0 Å². The second-order valence-corrected chi connectivity index (χ2v) is 41.8. The van der Waals surface area contributed by atoms with Crippen molar-refractivity contribution in [3.05, 3.63) is 445 Å². The van der Waals surface area contributed by atoms with Crippen LogP contribution in [0.15, 0.2) is 406 Å². The minimum Gasteiger partial charge on any atom is -0.458 e. The molecule has 0 unspecified atom stereocenters. The van der Waals surface area contributed by atoms with Crippen molar-refractivity contribution >= 4 is 89.3 Å². The van der Waals surface area contributed by atoms with Gasteiger partial charge >= 0.3 is 0 Å². The average Bonchev–Trinajstić information content (AvgIpc) is 0.674. The second-order valence-electron chi connectivity index (χ2n) is 41.8. The lowest BCUT2D eigenvalue weighted by Gasteiger charge is -2.35. The van der Waals surface area contributed by atoms with Crippen molar-refractivity contribution in [2.45, 2.75) is 117 Å². The molecule has 0 radical (unpaired) electrons. The molecule has 0 amide bonds. The minimum absolute atomic E-state index is 0.00680. The van der Waals surface area contributed by atoms with E-state index < -0.39 is 0 Å². The molecular weight excluding hydrogens is 1650 g/mol. The van der Waals surface area contributed by atoms with Gasteiger partial charge in [-0.15, -0.1) is 0 Å². The van der Waals surface area contributed by atoms with Crippen molar-refractivity contribution in [2.75, 3.05) is 0 Å². The molecule has 0 bridgehead atoms. The van der Waals surface area contributed by atoms with Crippen molar-refractivity contribution in [2.24, 2.45) is 0 Å². The molecule has 0 saturated heterocycles. The molecule has 4 heterocycles. The van der Waals surface area contributed by atoms with E-state index in [1.807, 2.05) is 0 Å². The smallest absolute Gasteiger partial charge is 0.260 e. The van der Waals surface area contributed by atoms with E-state index in [2.05, 4.69) is 496 Å². The largest absolute Gasteiger partial charge is 0.458 e. The maximum Gasteiger partial charge on any atom is 0.260 e. The number of ether oxygens (including phenoxy) is 4. The van der Waals surface area contributed by atoms with Crippen LogP contribution in [-0.4, -0.2) is 13.4 Å². The molecule has 656 valence electrons. The summed E-state index contributed by atoms with van der Waals surface area (Å²) in [6.07, 6.45) is 0. The van der Waals surface area contributed by atoms with Crippen LogP contribution in [0.1, 0.15) is 129 Å². The van der Waals surface area contributed by atoms with Crippen LogP contribution in [0.4, 0.5) is 0 Å². The predicted molar refractivity (Wildman–Crippen MR) is 575 cm³/mol. The van der Waals surface area contributed by atoms with E-state index in [0.717, 1.165) is 118 Å². The SMILES string of the molecule is CC(C)(C)c1cc(-c2cc(-c3cc4c5c(c3)Oc3ccc(C(C)(C)c6ccccc6)cc3B5c3ccccc3O4)cc(-c3c4ccccc4c(-c4ccccc4)c4ccccc34)c2)cc(C(C)(C)C)c1.CC(C)(C)c1cccc(-c2cc(-c3cc4c5c(c3)Oc3ccc(C(C)(C)c6ccccc6)cc3B5c3ccccc3O4)cc(-c3c4ccccc4c(-c4ccccc4)c4ccccc34)c2)c1. The summed E-state index contributed by atoms with van der Waals surface area (Å²) in [4.78, 5) is 0. The van der Waals surface area contributed by atoms with E-state index in [1.165, 1.54) is 132 Å². The highest BCUT2D eigenvalue weighted by Gasteiger charge is 2.44. The Morgan fingerprint density at radius 3 is 0.743 bits per heavy atom. The molecule has 4 aliphatic rings. The Kier molecular flexibility index (Phi) is 20.5. The Morgan fingerprint density at radius 2 is 0.404 bits per heavy atom. The lowest BCUT2D eigenvalue weighted by molar-refractivity contribution is 0.464. The number of rotatable bonds is 12. The molecule has 0 saturated carbocycles. The molecule has 136 heavy (non-hydrogen) atoms. The third-order valence-corrected chi connectivity index (χ3v) is 29.4. The Labute approximate surface area is 800 Å². The molecule has 0 atom stereocenters. The first-order valence-corrected chi connectivity index (χ1v) is 48.0. The summed E-state index contributed by atoms with van der Waals surface area (Å²) in [7, 11) is 0. The second kappa shape index (κ2) is 32.9. The van der Waals surface area contributed by atoms with Gasteiger partial charge in [-0.3, -0.25) is 0 Å². The number of hydrogen-bond acceptors (Lipinski definition) is 4. The average molecular weight is 1750 g/mol. The van der Waals surface area contributed by atoms with E-state index in [-0.39, 0.29) is 40.5 Å². The standard InChI is InChI=1S/C67H57BO2.C63H49BO2/c1-65(2,3)50-36-45(37-51(40-50)66(4,5)6)43-33-44(35-47(34-43)63-54-27-17-15-25-52(54)62(42-21-11-9-12-22-42)53-26-16-18-28-55(53)63)46-38-60-64-61(39-46)70-59-32-31-49(67(7,8)48-23-13-10-14-24-48)41-57(59)68(64)56-29-19-20-30-58(56)69-60;1-62(2,3)47-24-18-21-41(36-47)42-33-43(35-45(34-42)60-51-27-14-12-25-49(51)59(40-19-8-6-9-20-40)50-26-13-15-28-52(50)60)44-37-57-61-58(38-44)66-56-32-31-48(63(4,5)46-22-10-7-11-23-46)39-54(56)64(61)53-29-16-17-30-55(53)65-57/h9-41H,1-8H3;6-39H,1-5H3. The predicted octanol–water partition coefficient (Wildman–Crippen LogP) is 31.3. The van der Waals surface area contributed by atoms with E-state index in [1.54, 1.807) is 0 Å². The fourth-order valence-electron chi connectivity index (χ4n) is 21.8. The zero-order valence-corrected chi connectivity index (χ0v) is 79.5. The van der Waals surface area contributed by atoms with Gasteiger partial charge in [0.1, 0.15) is 46.0 Å². The summed E-state index contributed by atoms with van der Waals surface area (Å²) in [6, 6.07) is 149. The Morgan fingerprint density at radius 1 is 0.154 bits per heavy atom. The molecule has 0 N–H and O–H groups in total. The maximum absolute atomic E-state index is 7.10. The first-order chi connectivity index (χ1) is 65.8. The fourth-order valence-corrected chi connectivity index (χ4v) is 21.8. The van der Waals surface area contributed by atoms with Crippen molar-refractivity contribution in [3.63, 3.8) is 0 Å². The summed E-state index contributed by atoms with van der Waals surface area (Å²) in [6.45, 7) is 29.9. The van der Waals surface area contributed by atoms with Crippen LogP contribution in [0.3, 0.4) is 0 Å². The fraction of sp³-hybridized carbons (Fsp3) is 0.138. The summed E-state index contributed by atoms with van der Waals surface area (Å²) in [5.74, 6) is 6.83. The third kappa shape index (κ3) is 14.9. The van der Waals surface area contributed by atoms with Crippen LogP contribution in [0.25, 0.3) is 132 Å². The molecule has 0 aromatic heterocycles. The number of hydrogen-bond donors (Lipinski definition) is 0. The molecule has 20 aromatic carbocycles. The molecule has 0 spiro atoms. The van der Waals surface area contributed by atoms with Gasteiger partial charge in [0.2, 0.25) is 0 Å². The number of para-hydroxylation sites is 2. The molecule has 20 aromatic rings. The summed E-state index contributed by atoms with van der Waals surface area (Å²) in [5.41, 5.74) is 33.9. The van der Waals surface area contributed by atoms with E-state index in [9.17, 15) is 0 Å². The molecular formula is C130H106B2O4. The van der Waals surface area contributed by atoms with Gasteiger partial charge in [0, 0.05) is 21.8 Å². The van der Waals surface area contributed by atoms with Gasteiger partial charge in [-0.1, -0.05) is 412 Å². The highest BCUT2D eigenvalue weighted by molar-refractivity contribution is 6.99. The molecule has 24 rings (SSSR count). The molecule has 0 aliphatic carbocycles. The normalized spacial score (nSPS) is 12.9. The first kappa shape index (κ1) is 85.0. The zero-order chi connectivity index (χ0) is 92.8. The van der Waals surface area contributed by atoms with Gasteiger partial charge in [-0.2, -0.15) is 0 Å². The van der Waals surface area contributed by atoms with Crippen LogP contribution in [0.2, 0.25) is 0 Å². The monoisotopic (exact) mass is 1750 g/mol. The Bertz CT molecular complexity index is 8030. The van der Waals surface area contributed by atoms with Gasteiger partial charge in [0.05, 0.1) is 0 Å². The quantitative estimate of drug-likeness (QED) is 0.0902. The van der Waals surface area contributed by atoms with Crippen LogP contribution in [0.5, 0.6) is 46.0 Å². The molecule has 0 fully saturated rings. The van der Waals surface area contributed by atoms with Gasteiger partial charge in [-0.05, 0) is 294 Å². The van der Waals surface area contributed by atoms with Crippen molar-refractivity contribution < 1.29 is 18.9 Å². The lowest BCUT2D eigenvalue weighted by atomic mass is 9.34. The van der Waals surface area contributed by atoms with Crippen molar-refractivity contribution in [1.29, 1.82) is 0 Å². The highest BCUT2D eigenvalue weighted by Crippen LogP contribution is 2.52. The Hall–Kier alpha value is -15.2. The van der Waals surface area contributed by atoms with Crippen LogP contribution in [0, 0.1) is 0 Å².